The standard InChI is InChI=1S/C13H21BrN2OS/c14-13-2-1-12(18-13)10-16(7-8-17)9-11-3-5-15-6-4-11/h1-2,11,15,17H,3-10H2. The predicted molar refractivity (Wildman–Crippen MR) is 80.0 cm³/mol. The van der Waals surface area contributed by atoms with Gasteiger partial charge in [-0.2, -0.15) is 0 Å². The lowest BCUT2D eigenvalue weighted by Gasteiger charge is -2.29. The minimum Gasteiger partial charge on any atom is -0.395 e. The number of nitrogens with zero attached hydrogens (tertiary/aromatic N) is 1. The van der Waals surface area contributed by atoms with E-state index in [9.17, 15) is 5.11 Å². The fraction of sp³-hybridized carbons (Fsp3) is 0.692. The van der Waals surface area contributed by atoms with Crippen molar-refractivity contribution in [3.8, 4) is 0 Å². The molecule has 0 aliphatic carbocycles. The van der Waals surface area contributed by atoms with Crippen LogP contribution in [0.15, 0.2) is 15.9 Å². The number of hydrogen-bond donors (Lipinski definition) is 2. The Bertz CT molecular complexity index is 353. The molecule has 5 heteroatoms. The van der Waals surface area contributed by atoms with Crippen LogP contribution in [0.5, 0.6) is 0 Å². The highest BCUT2D eigenvalue weighted by Gasteiger charge is 2.17. The lowest BCUT2D eigenvalue weighted by Crippen LogP contribution is -2.37. The minimum absolute atomic E-state index is 0.248. The van der Waals surface area contributed by atoms with E-state index in [0.29, 0.717) is 0 Å². The molecule has 1 aromatic rings. The summed E-state index contributed by atoms with van der Waals surface area (Å²) in [6, 6.07) is 4.27. The van der Waals surface area contributed by atoms with Crippen LogP contribution in [0.25, 0.3) is 0 Å². The van der Waals surface area contributed by atoms with Crippen LogP contribution >= 0.6 is 27.3 Å². The summed E-state index contributed by atoms with van der Waals surface area (Å²) in [4.78, 5) is 3.75. The maximum absolute atomic E-state index is 9.19. The second kappa shape index (κ2) is 7.60. The largest absolute Gasteiger partial charge is 0.395 e. The number of halogens is 1. The number of aliphatic hydroxyl groups excluding tert-OH is 1. The first-order chi connectivity index (χ1) is 8.78. The highest BCUT2D eigenvalue weighted by Crippen LogP contribution is 2.24. The maximum Gasteiger partial charge on any atom is 0.0701 e. The molecule has 3 nitrogen and oxygen atoms in total. The molecule has 0 unspecified atom stereocenters. The predicted octanol–water partition coefficient (Wildman–Crippen LogP) is 2.30. The van der Waals surface area contributed by atoms with Crippen molar-refractivity contribution in [2.24, 2.45) is 5.92 Å². The third kappa shape index (κ3) is 4.63. The summed E-state index contributed by atoms with van der Waals surface area (Å²) in [6.45, 7) is 5.37. The molecule has 2 N–H and O–H groups in total. The third-order valence-electron chi connectivity index (χ3n) is 3.40. The fourth-order valence-electron chi connectivity index (χ4n) is 2.46. The summed E-state index contributed by atoms with van der Waals surface area (Å²) in [5.74, 6) is 0.779. The second-order valence-corrected chi connectivity index (χ2v) is 7.41. The number of rotatable bonds is 6. The van der Waals surface area contributed by atoms with Crippen molar-refractivity contribution in [2.45, 2.75) is 19.4 Å². The summed E-state index contributed by atoms with van der Waals surface area (Å²) >= 11 is 5.29. The smallest absolute Gasteiger partial charge is 0.0701 e. The van der Waals surface area contributed by atoms with Gasteiger partial charge in [0.15, 0.2) is 0 Å². The number of aliphatic hydroxyl groups is 1. The van der Waals surface area contributed by atoms with Gasteiger partial charge in [0.2, 0.25) is 0 Å². The Labute approximate surface area is 121 Å². The molecule has 2 heterocycles. The van der Waals surface area contributed by atoms with Gasteiger partial charge >= 0.3 is 0 Å². The zero-order valence-corrected chi connectivity index (χ0v) is 13.0. The van der Waals surface area contributed by atoms with Crippen molar-refractivity contribution in [3.63, 3.8) is 0 Å². The number of thiophene rings is 1. The van der Waals surface area contributed by atoms with Gasteiger partial charge in [0.1, 0.15) is 0 Å². The number of piperidine rings is 1. The average molecular weight is 333 g/mol. The summed E-state index contributed by atoms with van der Waals surface area (Å²) in [6.07, 6.45) is 2.52. The van der Waals surface area contributed by atoms with Gasteiger partial charge in [-0.25, -0.2) is 0 Å². The Kier molecular flexibility index (Phi) is 6.11. The molecule has 0 radical (unpaired) electrons. The lowest BCUT2D eigenvalue weighted by atomic mass is 9.97. The second-order valence-electron chi connectivity index (χ2n) is 4.86. The topological polar surface area (TPSA) is 35.5 Å². The first-order valence-corrected chi connectivity index (χ1v) is 8.17. The molecule has 2 rings (SSSR count). The molecule has 1 aromatic heterocycles. The zero-order chi connectivity index (χ0) is 12.8. The minimum atomic E-state index is 0.248. The van der Waals surface area contributed by atoms with Gasteiger partial charge in [0.25, 0.3) is 0 Å². The van der Waals surface area contributed by atoms with Gasteiger partial charge in [-0.15, -0.1) is 11.3 Å². The van der Waals surface area contributed by atoms with Crippen LogP contribution in [0.1, 0.15) is 17.7 Å². The van der Waals surface area contributed by atoms with Crippen molar-refractivity contribution >= 4 is 27.3 Å². The summed E-state index contributed by atoms with van der Waals surface area (Å²) < 4.78 is 1.18. The van der Waals surface area contributed by atoms with Crippen LogP contribution in [0.4, 0.5) is 0 Å². The molecular formula is C13H21BrN2OS. The van der Waals surface area contributed by atoms with E-state index in [1.165, 1.54) is 21.5 Å². The highest BCUT2D eigenvalue weighted by molar-refractivity contribution is 9.11. The van der Waals surface area contributed by atoms with Crippen LogP contribution < -0.4 is 5.32 Å². The molecule has 1 aliphatic heterocycles. The van der Waals surface area contributed by atoms with Gasteiger partial charge < -0.3 is 10.4 Å². The first kappa shape index (κ1) is 14.5. The highest BCUT2D eigenvalue weighted by atomic mass is 79.9. The number of nitrogens with one attached hydrogen (secondary N) is 1. The zero-order valence-electron chi connectivity index (χ0n) is 10.6. The Morgan fingerprint density at radius 1 is 1.39 bits per heavy atom. The monoisotopic (exact) mass is 332 g/mol. The van der Waals surface area contributed by atoms with Gasteiger partial charge in [-0.3, -0.25) is 4.90 Å². The van der Waals surface area contributed by atoms with Crippen LogP contribution in [-0.2, 0) is 6.54 Å². The molecule has 0 atom stereocenters. The third-order valence-corrected chi connectivity index (χ3v) is 5.01. The normalized spacial score (nSPS) is 17.5. The van der Waals surface area contributed by atoms with Gasteiger partial charge in [-0.05, 0) is 59.9 Å². The van der Waals surface area contributed by atoms with Crippen LogP contribution in [0.2, 0.25) is 0 Å². The Balaban J connectivity index is 1.86. The van der Waals surface area contributed by atoms with E-state index in [1.54, 1.807) is 11.3 Å². The van der Waals surface area contributed by atoms with E-state index in [1.807, 2.05) is 0 Å². The van der Waals surface area contributed by atoms with Crippen molar-refractivity contribution in [1.82, 2.24) is 10.2 Å². The quantitative estimate of drug-likeness (QED) is 0.839. The van der Waals surface area contributed by atoms with Crippen LogP contribution in [-0.4, -0.2) is 42.8 Å². The molecule has 0 aromatic carbocycles. The Hall–Kier alpha value is 0.0600. The average Bonchev–Trinajstić information content (AvgIpc) is 2.76. The Morgan fingerprint density at radius 2 is 2.17 bits per heavy atom. The summed E-state index contributed by atoms with van der Waals surface area (Å²) in [7, 11) is 0. The van der Waals surface area contributed by atoms with E-state index < -0.39 is 0 Å². The van der Waals surface area contributed by atoms with Gasteiger partial charge in [-0.1, -0.05) is 0 Å². The van der Waals surface area contributed by atoms with E-state index >= 15 is 0 Å². The van der Waals surface area contributed by atoms with Crippen LogP contribution in [0, 0.1) is 5.92 Å². The van der Waals surface area contributed by atoms with Gasteiger partial charge in [0, 0.05) is 24.5 Å². The SMILES string of the molecule is OCCN(Cc1ccc(Br)s1)CC1CCNCC1. The molecule has 1 aliphatic rings. The fourth-order valence-corrected chi connectivity index (χ4v) is 3.99. The van der Waals surface area contributed by atoms with Crippen molar-refractivity contribution in [1.29, 1.82) is 0 Å². The van der Waals surface area contributed by atoms with Crippen molar-refractivity contribution in [3.05, 3.63) is 20.8 Å². The molecule has 0 amide bonds. The molecule has 18 heavy (non-hydrogen) atoms. The molecule has 0 spiro atoms. The maximum atomic E-state index is 9.19. The summed E-state index contributed by atoms with van der Waals surface area (Å²) in [5, 5.41) is 12.6. The van der Waals surface area contributed by atoms with Crippen molar-refractivity contribution in [2.75, 3.05) is 32.8 Å². The van der Waals surface area contributed by atoms with E-state index in [-0.39, 0.29) is 6.61 Å². The number of hydrogen-bond acceptors (Lipinski definition) is 4. The molecule has 0 saturated carbocycles. The van der Waals surface area contributed by atoms with Crippen LogP contribution in [0.3, 0.4) is 0 Å². The van der Waals surface area contributed by atoms with E-state index in [0.717, 1.165) is 38.6 Å². The Morgan fingerprint density at radius 3 is 2.78 bits per heavy atom. The lowest BCUT2D eigenvalue weighted by molar-refractivity contribution is 0.158. The molecule has 1 saturated heterocycles. The molecule has 0 bridgehead atoms. The van der Waals surface area contributed by atoms with E-state index in [4.69, 9.17) is 0 Å². The molecule has 1 fully saturated rings. The van der Waals surface area contributed by atoms with Crippen molar-refractivity contribution < 1.29 is 5.11 Å². The molecule has 102 valence electrons. The van der Waals surface area contributed by atoms with Gasteiger partial charge in [0.05, 0.1) is 10.4 Å². The summed E-state index contributed by atoms with van der Waals surface area (Å²) in [5.41, 5.74) is 0. The van der Waals surface area contributed by atoms with E-state index in [2.05, 4.69) is 38.3 Å². The molecular weight excluding hydrogens is 312 g/mol. The first-order valence-electron chi connectivity index (χ1n) is 6.56.